The van der Waals surface area contributed by atoms with Gasteiger partial charge in [-0.1, -0.05) is 6.07 Å². The van der Waals surface area contributed by atoms with Crippen LogP contribution in [0, 0.1) is 13.8 Å². The molecule has 1 unspecified atom stereocenters. The molecule has 2 rings (SSSR count). The van der Waals surface area contributed by atoms with E-state index in [2.05, 4.69) is 0 Å². The summed E-state index contributed by atoms with van der Waals surface area (Å²) in [6, 6.07) is 0.983. The fraction of sp³-hybridized carbons (Fsp3) is 0.417. The van der Waals surface area contributed by atoms with Gasteiger partial charge >= 0.3 is 5.97 Å². The molecule has 5 nitrogen and oxygen atoms in total. The standard InChI is InChI=1S/C12H15NO4/c1-6-3-8(4-9(13)12(14)15)11-10(7(6)2)16-5-17-11/h3,9H,4-5,13H2,1-2H3,(H,14,15). The zero-order valence-electron chi connectivity index (χ0n) is 9.82. The molecule has 0 saturated carbocycles. The highest BCUT2D eigenvalue weighted by atomic mass is 16.7. The highest BCUT2D eigenvalue weighted by Gasteiger charge is 2.24. The molecule has 0 bridgehead atoms. The minimum absolute atomic E-state index is 0.176. The van der Waals surface area contributed by atoms with Gasteiger partial charge in [0.1, 0.15) is 6.04 Å². The maximum Gasteiger partial charge on any atom is 0.320 e. The molecular weight excluding hydrogens is 222 g/mol. The van der Waals surface area contributed by atoms with Crippen LogP contribution in [0.1, 0.15) is 16.7 Å². The number of aryl methyl sites for hydroxylation is 1. The van der Waals surface area contributed by atoms with E-state index in [0.29, 0.717) is 11.5 Å². The molecule has 0 amide bonds. The first-order chi connectivity index (χ1) is 8.00. The van der Waals surface area contributed by atoms with Crippen LogP contribution in [-0.2, 0) is 11.2 Å². The third-order valence-corrected chi connectivity index (χ3v) is 2.98. The summed E-state index contributed by atoms with van der Waals surface area (Å²) in [5, 5.41) is 8.82. The predicted molar refractivity (Wildman–Crippen MR) is 61.4 cm³/mol. The summed E-state index contributed by atoms with van der Waals surface area (Å²) < 4.78 is 10.8. The molecule has 1 heterocycles. The zero-order chi connectivity index (χ0) is 12.6. The molecule has 92 valence electrons. The van der Waals surface area contributed by atoms with Crippen LogP contribution in [0.2, 0.25) is 0 Å². The van der Waals surface area contributed by atoms with Crippen molar-refractivity contribution in [3.63, 3.8) is 0 Å². The lowest BCUT2D eigenvalue weighted by atomic mass is 9.99. The number of benzene rings is 1. The molecule has 3 N–H and O–H groups in total. The number of carbonyl (C=O) groups is 1. The molecule has 1 aromatic carbocycles. The Morgan fingerprint density at radius 2 is 2.12 bits per heavy atom. The van der Waals surface area contributed by atoms with E-state index in [9.17, 15) is 4.79 Å². The summed E-state index contributed by atoms with van der Waals surface area (Å²) >= 11 is 0. The van der Waals surface area contributed by atoms with Gasteiger partial charge in [0.2, 0.25) is 6.79 Å². The van der Waals surface area contributed by atoms with Crippen LogP contribution in [0.25, 0.3) is 0 Å². The van der Waals surface area contributed by atoms with Gasteiger partial charge in [0.05, 0.1) is 0 Å². The highest BCUT2D eigenvalue weighted by Crippen LogP contribution is 2.40. The Morgan fingerprint density at radius 3 is 2.76 bits per heavy atom. The first-order valence-electron chi connectivity index (χ1n) is 5.37. The van der Waals surface area contributed by atoms with E-state index < -0.39 is 12.0 Å². The maximum atomic E-state index is 10.8. The molecule has 0 fully saturated rings. The molecule has 0 spiro atoms. The Kier molecular flexibility index (Phi) is 2.93. The lowest BCUT2D eigenvalue weighted by molar-refractivity contribution is -0.138. The van der Waals surface area contributed by atoms with Crippen molar-refractivity contribution in [2.24, 2.45) is 5.73 Å². The minimum atomic E-state index is -1.02. The van der Waals surface area contributed by atoms with Crippen molar-refractivity contribution in [2.75, 3.05) is 6.79 Å². The largest absolute Gasteiger partial charge is 0.480 e. The molecule has 0 aliphatic carbocycles. The Bertz CT molecular complexity index is 470. The molecule has 1 aliphatic heterocycles. The van der Waals surface area contributed by atoms with Crippen LogP contribution in [0.5, 0.6) is 11.5 Å². The van der Waals surface area contributed by atoms with Crippen LogP contribution in [0.4, 0.5) is 0 Å². The first kappa shape index (κ1) is 11.7. The average molecular weight is 237 g/mol. The second-order valence-corrected chi connectivity index (χ2v) is 4.19. The Morgan fingerprint density at radius 1 is 1.47 bits per heavy atom. The topological polar surface area (TPSA) is 81.8 Å². The number of aliphatic carboxylic acids is 1. The molecule has 0 saturated heterocycles. The summed E-state index contributed by atoms with van der Waals surface area (Å²) in [5.41, 5.74) is 8.38. The molecule has 0 radical (unpaired) electrons. The summed E-state index contributed by atoms with van der Waals surface area (Å²) in [5.74, 6) is 0.318. The number of fused-ring (bicyclic) bond motifs is 1. The third kappa shape index (κ3) is 2.06. The van der Waals surface area contributed by atoms with Gasteiger partial charge in [-0.2, -0.15) is 0 Å². The lowest BCUT2D eigenvalue weighted by Gasteiger charge is -2.12. The monoisotopic (exact) mass is 237 g/mol. The van der Waals surface area contributed by atoms with Crippen LogP contribution >= 0.6 is 0 Å². The molecule has 0 aromatic heterocycles. The minimum Gasteiger partial charge on any atom is -0.480 e. The quantitative estimate of drug-likeness (QED) is 0.819. The summed E-state index contributed by atoms with van der Waals surface area (Å²) in [4.78, 5) is 10.8. The normalized spacial score (nSPS) is 14.8. The van der Waals surface area contributed by atoms with E-state index in [1.165, 1.54) is 0 Å². The van der Waals surface area contributed by atoms with E-state index in [4.69, 9.17) is 20.3 Å². The molecule has 1 aliphatic rings. The van der Waals surface area contributed by atoms with E-state index in [1.54, 1.807) is 0 Å². The molecule has 17 heavy (non-hydrogen) atoms. The zero-order valence-corrected chi connectivity index (χ0v) is 9.82. The fourth-order valence-electron chi connectivity index (χ4n) is 1.89. The molecule has 1 aromatic rings. The maximum absolute atomic E-state index is 10.8. The second-order valence-electron chi connectivity index (χ2n) is 4.19. The van der Waals surface area contributed by atoms with Crippen LogP contribution in [-0.4, -0.2) is 23.9 Å². The van der Waals surface area contributed by atoms with Crippen molar-refractivity contribution >= 4 is 5.97 Å². The number of nitrogens with two attached hydrogens (primary N) is 1. The van der Waals surface area contributed by atoms with Crippen molar-refractivity contribution in [3.05, 3.63) is 22.8 Å². The number of ether oxygens (including phenoxy) is 2. The van der Waals surface area contributed by atoms with Crippen LogP contribution in [0.3, 0.4) is 0 Å². The van der Waals surface area contributed by atoms with Gasteiger partial charge in [0.25, 0.3) is 0 Å². The summed E-state index contributed by atoms with van der Waals surface area (Å²) in [6.07, 6.45) is 0.238. The van der Waals surface area contributed by atoms with Crippen molar-refractivity contribution in [1.29, 1.82) is 0 Å². The lowest BCUT2D eigenvalue weighted by Crippen LogP contribution is -2.32. The number of rotatable bonds is 3. The van der Waals surface area contributed by atoms with E-state index in [1.807, 2.05) is 19.9 Å². The molecule has 1 atom stereocenters. The number of carboxylic acid groups (broad SMARTS) is 1. The van der Waals surface area contributed by atoms with Gasteiger partial charge in [0.15, 0.2) is 11.5 Å². The Labute approximate surface area is 99.1 Å². The fourth-order valence-corrected chi connectivity index (χ4v) is 1.89. The molecule has 5 heteroatoms. The van der Waals surface area contributed by atoms with Crippen LogP contribution in [0.15, 0.2) is 6.07 Å². The smallest absolute Gasteiger partial charge is 0.320 e. The average Bonchev–Trinajstić information content (AvgIpc) is 2.74. The van der Waals surface area contributed by atoms with E-state index in [-0.39, 0.29) is 13.2 Å². The number of hydrogen-bond donors (Lipinski definition) is 2. The van der Waals surface area contributed by atoms with Crippen molar-refractivity contribution in [1.82, 2.24) is 0 Å². The SMILES string of the molecule is Cc1cc(CC(N)C(=O)O)c2c(c1C)OCO2. The van der Waals surface area contributed by atoms with Gasteiger partial charge in [-0.3, -0.25) is 4.79 Å². The van der Waals surface area contributed by atoms with Crippen LogP contribution < -0.4 is 15.2 Å². The first-order valence-corrected chi connectivity index (χ1v) is 5.37. The van der Waals surface area contributed by atoms with Gasteiger partial charge in [-0.05, 0) is 25.0 Å². The van der Waals surface area contributed by atoms with Crippen molar-refractivity contribution < 1.29 is 19.4 Å². The summed E-state index contributed by atoms with van der Waals surface area (Å²) in [7, 11) is 0. The predicted octanol–water partition coefficient (Wildman–Crippen LogP) is 0.987. The summed E-state index contributed by atoms with van der Waals surface area (Å²) in [6.45, 7) is 4.08. The Balaban J connectivity index is 2.38. The number of carboxylic acids is 1. The van der Waals surface area contributed by atoms with Crippen molar-refractivity contribution in [3.8, 4) is 11.5 Å². The van der Waals surface area contributed by atoms with E-state index >= 15 is 0 Å². The third-order valence-electron chi connectivity index (χ3n) is 2.98. The highest BCUT2D eigenvalue weighted by molar-refractivity contribution is 5.74. The second kappa shape index (κ2) is 4.25. The van der Waals surface area contributed by atoms with Gasteiger partial charge in [-0.25, -0.2) is 0 Å². The van der Waals surface area contributed by atoms with Gasteiger partial charge < -0.3 is 20.3 Å². The van der Waals surface area contributed by atoms with Gasteiger partial charge in [-0.15, -0.1) is 0 Å². The van der Waals surface area contributed by atoms with Gasteiger partial charge in [0, 0.05) is 12.0 Å². The molecular formula is C12H15NO4. The van der Waals surface area contributed by atoms with Crippen molar-refractivity contribution in [2.45, 2.75) is 26.3 Å². The van der Waals surface area contributed by atoms with E-state index in [0.717, 1.165) is 16.7 Å². The Hall–Kier alpha value is -1.75. The number of hydrogen-bond acceptors (Lipinski definition) is 4.